The highest BCUT2D eigenvalue weighted by Gasteiger charge is 2.59. The minimum Gasteiger partial charge on any atom is -0.393 e. The van der Waals surface area contributed by atoms with Crippen molar-refractivity contribution in [3.05, 3.63) is 0 Å². The van der Waals surface area contributed by atoms with Crippen molar-refractivity contribution in [2.75, 3.05) is 13.1 Å². The van der Waals surface area contributed by atoms with E-state index in [1.807, 2.05) is 0 Å². The normalized spacial score (nSPS) is 58.6. The molecule has 0 radical (unpaired) electrons. The summed E-state index contributed by atoms with van der Waals surface area (Å²) >= 11 is 0. The molecule has 1 aliphatic heterocycles. The lowest BCUT2D eigenvalue weighted by Gasteiger charge is -2.60. The molecule has 0 bridgehead atoms. The van der Waals surface area contributed by atoms with Gasteiger partial charge in [0.15, 0.2) is 0 Å². The number of hydrogen-bond acceptors (Lipinski definition) is 2. The highest BCUT2D eigenvalue weighted by atomic mass is 16.3. The Kier molecular flexibility index (Phi) is 3.03. The molecule has 0 aromatic rings. The van der Waals surface area contributed by atoms with Gasteiger partial charge in [-0.1, -0.05) is 13.8 Å². The number of nitrogens with one attached hydrogen (secondary N) is 1. The molecule has 4 aliphatic rings. The third kappa shape index (κ3) is 1.64. The van der Waals surface area contributed by atoms with E-state index in [0.717, 1.165) is 30.1 Å². The Labute approximate surface area is 123 Å². The molecular formula is C18H31NO. The van der Waals surface area contributed by atoms with Gasteiger partial charge in [-0.25, -0.2) is 0 Å². The maximum atomic E-state index is 10.5. The van der Waals surface area contributed by atoms with Crippen LogP contribution in [-0.4, -0.2) is 24.3 Å². The van der Waals surface area contributed by atoms with Gasteiger partial charge < -0.3 is 10.4 Å². The second-order valence-electron chi connectivity index (χ2n) is 8.75. The average molecular weight is 277 g/mol. The Bertz CT molecular complexity index is 397. The standard InChI is InChI=1S/C18H31NO/c1-17-9-10-19-11-12(17)3-4-13-14-5-6-16(20)18(14,2)8-7-15(13)17/h12-16,19-20H,3-11H2,1-2H3/t12-,13?,14?,15?,16-,17-,18-/m0/s1. The maximum absolute atomic E-state index is 10.5. The first-order chi connectivity index (χ1) is 9.56. The van der Waals surface area contributed by atoms with Crippen LogP contribution < -0.4 is 5.32 Å². The second-order valence-corrected chi connectivity index (χ2v) is 8.75. The number of piperidine rings is 1. The van der Waals surface area contributed by atoms with Crippen LogP contribution in [0.25, 0.3) is 0 Å². The molecule has 3 unspecified atom stereocenters. The Balaban J connectivity index is 1.64. The van der Waals surface area contributed by atoms with E-state index in [-0.39, 0.29) is 11.5 Å². The third-order valence-corrected chi connectivity index (χ3v) is 8.25. The van der Waals surface area contributed by atoms with Crippen molar-refractivity contribution >= 4 is 0 Å². The smallest absolute Gasteiger partial charge is 0.0596 e. The molecule has 2 heteroatoms. The van der Waals surface area contributed by atoms with E-state index in [1.165, 1.54) is 51.6 Å². The van der Waals surface area contributed by atoms with Crippen molar-refractivity contribution in [2.24, 2.45) is 34.5 Å². The molecule has 20 heavy (non-hydrogen) atoms. The van der Waals surface area contributed by atoms with Gasteiger partial charge in [-0.2, -0.15) is 0 Å². The molecule has 7 atom stereocenters. The van der Waals surface area contributed by atoms with Crippen molar-refractivity contribution in [1.82, 2.24) is 5.32 Å². The van der Waals surface area contributed by atoms with Crippen LogP contribution in [0.2, 0.25) is 0 Å². The Morgan fingerprint density at radius 1 is 0.900 bits per heavy atom. The first-order valence-electron chi connectivity index (χ1n) is 8.94. The molecule has 0 amide bonds. The molecule has 0 aromatic carbocycles. The van der Waals surface area contributed by atoms with Crippen LogP contribution in [0.5, 0.6) is 0 Å². The number of rotatable bonds is 0. The zero-order chi connectivity index (χ0) is 14.0. The van der Waals surface area contributed by atoms with E-state index in [0.29, 0.717) is 5.41 Å². The van der Waals surface area contributed by atoms with Gasteiger partial charge in [0.2, 0.25) is 0 Å². The summed E-state index contributed by atoms with van der Waals surface area (Å²) in [6.07, 6.45) is 9.21. The van der Waals surface area contributed by atoms with Gasteiger partial charge in [0.05, 0.1) is 6.10 Å². The Morgan fingerprint density at radius 3 is 2.55 bits per heavy atom. The monoisotopic (exact) mass is 277 g/mol. The summed E-state index contributed by atoms with van der Waals surface area (Å²) in [4.78, 5) is 0. The fourth-order valence-corrected chi connectivity index (χ4v) is 6.87. The Hall–Kier alpha value is -0.0800. The van der Waals surface area contributed by atoms with Gasteiger partial charge >= 0.3 is 0 Å². The largest absolute Gasteiger partial charge is 0.393 e. The average Bonchev–Trinajstić information content (AvgIpc) is 2.74. The Morgan fingerprint density at radius 2 is 1.70 bits per heavy atom. The number of aliphatic hydroxyl groups is 1. The summed E-state index contributed by atoms with van der Waals surface area (Å²) in [6.45, 7) is 7.47. The van der Waals surface area contributed by atoms with E-state index < -0.39 is 0 Å². The molecule has 0 aromatic heterocycles. The number of aliphatic hydroxyl groups excluding tert-OH is 1. The summed E-state index contributed by atoms with van der Waals surface area (Å²) < 4.78 is 0. The molecule has 4 fully saturated rings. The summed E-state index contributed by atoms with van der Waals surface area (Å²) in [7, 11) is 0. The predicted octanol–water partition coefficient (Wildman–Crippen LogP) is 3.20. The lowest BCUT2D eigenvalue weighted by molar-refractivity contribution is -0.116. The van der Waals surface area contributed by atoms with E-state index in [9.17, 15) is 5.11 Å². The molecule has 2 nitrogen and oxygen atoms in total. The highest BCUT2D eigenvalue weighted by Crippen LogP contribution is 2.64. The minimum atomic E-state index is -0.0213. The molecular weight excluding hydrogens is 246 g/mol. The summed E-state index contributed by atoms with van der Waals surface area (Å²) in [6, 6.07) is 0. The van der Waals surface area contributed by atoms with E-state index in [4.69, 9.17) is 0 Å². The van der Waals surface area contributed by atoms with E-state index in [2.05, 4.69) is 19.2 Å². The topological polar surface area (TPSA) is 32.3 Å². The molecule has 3 aliphatic carbocycles. The zero-order valence-electron chi connectivity index (χ0n) is 13.2. The van der Waals surface area contributed by atoms with Gasteiger partial charge in [-0.3, -0.25) is 0 Å². The van der Waals surface area contributed by atoms with Crippen LogP contribution in [0.3, 0.4) is 0 Å². The second kappa shape index (κ2) is 4.46. The number of hydrogen-bond donors (Lipinski definition) is 2. The summed E-state index contributed by atoms with van der Waals surface area (Å²) in [5.41, 5.74) is 0.834. The lowest BCUT2D eigenvalue weighted by Crippen LogP contribution is -2.56. The fourth-order valence-electron chi connectivity index (χ4n) is 6.87. The van der Waals surface area contributed by atoms with Crippen molar-refractivity contribution in [3.8, 4) is 0 Å². The molecule has 1 heterocycles. The van der Waals surface area contributed by atoms with Gasteiger partial charge in [-0.05, 0) is 92.5 Å². The van der Waals surface area contributed by atoms with Crippen molar-refractivity contribution < 1.29 is 5.11 Å². The van der Waals surface area contributed by atoms with Crippen LogP contribution in [-0.2, 0) is 0 Å². The van der Waals surface area contributed by atoms with Crippen molar-refractivity contribution in [3.63, 3.8) is 0 Å². The predicted molar refractivity (Wildman–Crippen MR) is 81.4 cm³/mol. The molecule has 3 saturated carbocycles. The highest BCUT2D eigenvalue weighted by molar-refractivity contribution is 5.09. The van der Waals surface area contributed by atoms with Crippen LogP contribution in [0.1, 0.15) is 58.8 Å². The molecule has 114 valence electrons. The number of fused-ring (bicyclic) bond motifs is 5. The molecule has 1 saturated heterocycles. The fraction of sp³-hybridized carbons (Fsp3) is 1.00. The van der Waals surface area contributed by atoms with Gasteiger partial charge in [0.25, 0.3) is 0 Å². The van der Waals surface area contributed by atoms with Crippen molar-refractivity contribution in [1.29, 1.82) is 0 Å². The maximum Gasteiger partial charge on any atom is 0.0596 e. The van der Waals surface area contributed by atoms with Gasteiger partial charge in [-0.15, -0.1) is 0 Å². The summed E-state index contributed by atoms with van der Waals surface area (Å²) in [5.74, 6) is 3.56. The molecule has 2 N–H and O–H groups in total. The van der Waals surface area contributed by atoms with Crippen LogP contribution in [0.15, 0.2) is 0 Å². The van der Waals surface area contributed by atoms with Gasteiger partial charge in [0, 0.05) is 0 Å². The van der Waals surface area contributed by atoms with Crippen LogP contribution >= 0.6 is 0 Å². The summed E-state index contributed by atoms with van der Waals surface area (Å²) in [5, 5.41) is 14.1. The lowest BCUT2D eigenvalue weighted by atomic mass is 9.46. The van der Waals surface area contributed by atoms with Crippen LogP contribution in [0, 0.1) is 34.5 Å². The quantitative estimate of drug-likeness (QED) is 0.712. The van der Waals surface area contributed by atoms with E-state index in [1.54, 1.807) is 0 Å². The zero-order valence-corrected chi connectivity index (χ0v) is 13.2. The van der Waals surface area contributed by atoms with Gasteiger partial charge in [0.1, 0.15) is 0 Å². The minimum absolute atomic E-state index is 0.0213. The first kappa shape index (κ1) is 13.6. The van der Waals surface area contributed by atoms with E-state index >= 15 is 0 Å². The third-order valence-electron chi connectivity index (χ3n) is 8.25. The molecule has 0 spiro atoms. The van der Waals surface area contributed by atoms with Crippen molar-refractivity contribution in [2.45, 2.75) is 64.9 Å². The SMILES string of the molecule is C[C@]12CCC3C(CC[C@H]4CNCC[C@]34C)C1CC[C@@H]2O. The first-order valence-corrected chi connectivity index (χ1v) is 8.94. The molecule has 4 rings (SSSR count). The van der Waals surface area contributed by atoms with Crippen LogP contribution in [0.4, 0.5) is 0 Å².